The molecule has 1 atom stereocenters. The van der Waals surface area contributed by atoms with E-state index >= 15 is 0 Å². The van der Waals surface area contributed by atoms with Crippen LogP contribution < -0.4 is 20.3 Å². The van der Waals surface area contributed by atoms with E-state index in [1.165, 1.54) is 17.0 Å². The predicted octanol–water partition coefficient (Wildman–Crippen LogP) is 1.84. The molecule has 1 aliphatic heterocycles. The minimum Gasteiger partial charge on any atom is -0.406 e. The number of alkyl halides is 3. The van der Waals surface area contributed by atoms with Gasteiger partial charge in [0.25, 0.3) is 0 Å². The third-order valence-electron chi connectivity index (χ3n) is 3.51. The minimum atomic E-state index is -4.79. The van der Waals surface area contributed by atoms with Crippen molar-refractivity contribution in [2.75, 3.05) is 25.0 Å². The fourth-order valence-corrected chi connectivity index (χ4v) is 2.42. The Morgan fingerprint density at radius 3 is 2.76 bits per heavy atom. The van der Waals surface area contributed by atoms with Crippen LogP contribution in [0.2, 0.25) is 0 Å². The number of rotatable bonds is 6. The first-order chi connectivity index (χ1) is 11.3. The molecule has 6 nitrogen and oxygen atoms in total. The van der Waals surface area contributed by atoms with Crippen LogP contribution in [-0.2, 0) is 9.59 Å². The third kappa shape index (κ3) is 6.09. The summed E-state index contributed by atoms with van der Waals surface area (Å²) in [5, 5.41) is 5.47. The normalized spacial score (nSPS) is 17.2. The molecule has 2 amide bonds. The Bertz CT molecular complexity index is 613. The van der Waals surface area contributed by atoms with E-state index < -0.39 is 18.2 Å². The van der Waals surface area contributed by atoms with Gasteiger partial charge < -0.3 is 20.3 Å². The second-order valence-electron chi connectivity index (χ2n) is 5.30. The molecule has 0 radical (unpaired) electrons. The van der Waals surface area contributed by atoms with Crippen LogP contribution in [0.25, 0.3) is 0 Å². The highest BCUT2D eigenvalue weighted by atomic mass is 35.5. The van der Waals surface area contributed by atoms with Gasteiger partial charge in [0.2, 0.25) is 11.8 Å². The summed E-state index contributed by atoms with van der Waals surface area (Å²) in [4.78, 5) is 25.4. The van der Waals surface area contributed by atoms with Crippen LogP contribution in [0.5, 0.6) is 5.75 Å². The van der Waals surface area contributed by atoms with Gasteiger partial charge in [0.05, 0.1) is 0 Å². The number of hydrogen-bond donors (Lipinski definition) is 2. The molecular weight excluding hydrogens is 363 g/mol. The Morgan fingerprint density at radius 2 is 2.12 bits per heavy atom. The van der Waals surface area contributed by atoms with Gasteiger partial charge in [-0.15, -0.1) is 25.6 Å². The number of hydrogen-bond acceptors (Lipinski definition) is 4. The monoisotopic (exact) mass is 381 g/mol. The molecule has 1 aliphatic rings. The van der Waals surface area contributed by atoms with Gasteiger partial charge in [-0.3, -0.25) is 9.59 Å². The summed E-state index contributed by atoms with van der Waals surface area (Å²) in [5.74, 6) is -0.995. The molecule has 0 bridgehead atoms. The lowest BCUT2D eigenvalue weighted by Crippen LogP contribution is -2.42. The first-order valence-electron chi connectivity index (χ1n) is 7.41. The third-order valence-corrected chi connectivity index (χ3v) is 3.51. The smallest absolute Gasteiger partial charge is 0.406 e. The van der Waals surface area contributed by atoms with Crippen molar-refractivity contribution in [2.45, 2.75) is 25.2 Å². The predicted molar refractivity (Wildman–Crippen MR) is 87.8 cm³/mol. The summed E-state index contributed by atoms with van der Waals surface area (Å²) >= 11 is 0. The fraction of sp³-hybridized carbons (Fsp3) is 0.467. The molecule has 140 valence electrons. The zero-order valence-corrected chi connectivity index (χ0v) is 14.2. The van der Waals surface area contributed by atoms with Crippen molar-refractivity contribution < 1.29 is 27.5 Å². The minimum absolute atomic E-state index is 0. The van der Waals surface area contributed by atoms with E-state index in [9.17, 15) is 22.8 Å². The van der Waals surface area contributed by atoms with Crippen LogP contribution in [0.3, 0.4) is 0 Å². The van der Waals surface area contributed by atoms with Crippen molar-refractivity contribution in [1.82, 2.24) is 10.6 Å². The van der Waals surface area contributed by atoms with Crippen LogP contribution >= 0.6 is 12.4 Å². The highest BCUT2D eigenvalue weighted by Gasteiger charge is 2.34. The van der Waals surface area contributed by atoms with Gasteiger partial charge in [-0.1, -0.05) is 6.07 Å². The first-order valence-corrected chi connectivity index (χ1v) is 7.41. The molecule has 0 spiro atoms. The van der Waals surface area contributed by atoms with Gasteiger partial charge in [0, 0.05) is 31.3 Å². The summed E-state index contributed by atoms with van der Waals surface area (Å²) in [6, 6.07) is 4.54. The number of ether oxygens (including phenoxy) is 1. The van der Waals surface area contributed by atoms with E-state index in [1.54, 1.807) is 7.05 Å². The molecule has 1 aromatic carbocycles. The lowest BCUT2D eigenvalue weighted by atomic mass is 10.2. The lowest BCUT2D eigenvalue weighted by Gasteiger charge is -2.18. The molecule has 0 aromatic heterocycles. The Kier molecular flexibility index (Phi) is 7.50. The van der Waals surface area contributed by atoms with Gasteiger partial charge >= 0.3 is 6.36 Å². The molecular formula is C15H19ClF3N3O3. The second-order valence-corrected chi connectivity index (χ2v) is 5.30. The molecule has 1 unspecified atom stereocenters. The first kappa shape index (κ1) is 21.0. The second kappa shape index (κ2) is 8.91. The molecule has 0 aliphatic carbocycles. The Hall–Kier alpha value is -2.00. The summed E-state index contributed by atoms with van der Waals surface area (Å²) in [6.45, 7) is 0.804. The SMILES string of the molecule is CNCCC(=O)NC1CCN(c2cccc(OC(F)(F)F)c2)C1=O.Cl. The van der Waals surface area contributed by atoms with E-state index in [0.29, 0.717) is 25.2 Å². The van der Waals surface area contributed by atoms with E-state index in [2.05, 4.69) is 15.4 Å². The van der Waals surface area contributed by atoms with Crippen LogP contribution in [0.15, 0.2) is 24.3 Å². The van der Waals surface area contributed by atoms with Crippen molar-refractivity contribution in [3.05, 3.63) is 24.3 Å². The van der Waals surface area contributed by atoms with Crippen LogP contribution in [-0.4, -0.2) is 44.4 Å². The zero-order chi connectivity index (χ0) is 17.7. The maximum absolute atomic E-state index is 12.3. The van der Waals surface area contributed by atoms with Gasteiger partial charge in [-0.25, -0.2) is 0 Å². The van der Waals surface area contributed by atoms with Crippen molar-refractivity contribution >= 4 is 29.9 Å². The topological polar surface area (TPSA) is 70.7 Å². The van der Waals surface area contributed by atoms with Crippen molar-refractivity contribution in [3.8, 4) is 5.75 Å². The highest BCUT2D eigenvalue weighted by Crippen LogP contribution is 2.29. The Morgan fingerprint density at radius 1 is 1.40 bits per heavy atom. The van der Waals surface area contributed by atoms with Crippen LogP contribution in [0, 0.1) is 0 Å². The maximum Gasteiger partial charge on any atom is 0.573 e. The molecule has 1 heterocycles. The van der Waals surface area contributed by atoms with Crippen molar-refractivity contribution in [1.29, 1.82) is 0 Å². The maximum atomic E-state index is 12.3. The van der Waals surface area contributed by atoms with Gasteiger partial charge in [0.1, 0.15) is 11.8 Å². The molecule has 10 heteroatoms. The molecule has 1 saturated heterocycles. The largest absolute Gasteiger partial charge is 0.573 e. The van der Waals surface area contributed by atoms with E-state index in [0.717, 1.165) is 12.1 Å². The lowest BCUT2D eigenvalue weighted by molar-refractivity contribution is -0.274. The summed E-state index contributed by atoms with van der Waals surface area (Å²) in [6.07, 6.45) is -4.15. The fourth-order valence-electron chi connectivity index (χ4n) is 2.42. The van der Waals surface area contributed by atoms with E-state index in [1.807, 2.05) is 0 Å². The molecule has 1 aromatic rings. The Labute approximate surface area is 149 Å². The van der Waals surface area contributed by atoms with Gasteiger partial charge in [-0.05, 0) is 25.6 Å². The average Bonchev–Trinajstić information content (AvgIpc) is 2.85. The summed E-state index contributed by atoms with van der Waals surface area (Å²) in [7, 11) is 1.71. The number of halogens is 4. The van der Waals surface area contributed by atoms with Gasteiger partial charge in [0.15, 0.2) is 0 Å². The molecule has 2 N–H and O–H groups in total. The molecule has 2 rings (SSSR count). The number of nitrogens with one attached hydrogen (secondary N) is 2. The number of anilines is 1. The summed E-state index contributed by atoms with van der Waals surface area (Å²) < 4.78 is 40.7. The number of carbonyl (C=O) groups excluding carboxylic acids is 2. The highest BCUT2D eigenvalue weighted by molar-refractivity contribution is 6.01. The standard InChI is InChI=1S/C15H18F3N3O3.ClH/c1-19-7-5-13(22)20-12-6-8-21(14(12)23)10-3-2-4-11(9-10)24-15(16,17)18;/h2-4,9,12,19H,5-8H2,1H3,(H,20,22);1H. The number of benzene rings is 1. The quantitative estimate of drug-likeness (QED) is 0.789. The molecule has 0 saturated carbocycles. The average molecular weight is 382 g/mol. The Balaban J connectivity index is 0.00000312. The van der Waals surface area contributed by atoms with Crippen LogP contribution in [0.1, 0.15) is 12.8 Å². The summed E-state index contributed by atoms with van der Waals surface area (Å²) in [5.41, 5.74) is 0.300. The van der Waals surface area contributed by atoms with Crippen LogP contribution in [0.4, 0.5) is 18.9 Å². The van der Waals surface area contributed by atoms with Crippen molar-refractivity contribution in [2.24, 2.45) is 0 Å². The van der Waals surface area contributed by atoms with E-state index in [-0.39, 0.29) is 30.6 Å². The molecule has 1 fully saturated rings. The van der Waals surface area contributed by atoms with E-state index in [4.69, 9.17) is 0 Å². The van der Waals surface area contributed by atoms with Crippen molar-refractivity contribution in [3.63, 3.8) is 0 Å². The zero-order valence-electron chi connectivity index (χ0n) is 13.4. The number of carbonyl (C=O) groups is 2. The molecule has 25 heavy (non-hydrogen) atoms. The number of amides is 2. The number of nitrogens with zero attached hydrogens (tertiary/aromatic N) is 1. The van der Waals surface area contributed by atoms with Gasteiger partial charge in [-0.2, -0.15) is 0 Å².